The molecule has 2 saturated carbocycles. The lowest BCUT2D eigenvalue weighted by atomic mass is 9.81. The molecule has 6 nitrogen and oxygen atoms in total. The highest BCUT2D eigenvalue weighted by Crippen LogP contribution is 2.37. The van der Waals surface area contributed by atoms with Gasteiger partial charge in [-0.05, 0) is 32.1 Å². The van der Waals surface area contributed by atoms with E-state index in [1.807, 2.05) is 0 Å². The molecule has 1 N–H and O–H groups in total. The predicted octanol–water partition coefficient (Wildman–Crippen LogP) is 2.41. The number of likely N-dealkylation sites (tertiary alicyclic amines) is 1. The maximum atomic E-state index is 12.4. The zero-order valence-corrected chi connectivity index (χ0v) is 15.7. The number of hydrogen-bond donors (Lipinski definition) is 1. The Bertz CT molecular complexity index is 492. The monoisotopic (exact) mass is 364 g/mol. The minimum atomic E-state index is -0.128. The number of carbonyl (C=O) groups excluding carboxylic acids is 3. The summed E-state index contributed by atoms with van der Waals surface area (Å²) in [6, 6.07) is 0. The van der Waals surface area contributed by atoms with Crippen LogP contribution in [0.4, 0.5) is 0 Å². The molecular formula is C20H32N2O4. The first-order valence-corrected chi connectivity index (χ1v) is 10.4. The summed E-state index contributed by atoms with van der Waals surface area (Å²) in [5.74, 6) is -0.479. The van der Waals surface area contributed by atoms with Crippen molar-refractivity contribution in [3.8, 4) is 0 Å². The van der Waals surface area contributed by atoms with Crippen molar-refractivity contribution in [3.63, 3.8) is 0 Å². The van der Waals surface area contributed by atoms with Gasteiger partial charge in [-0.15, -0.1) is 0 Å². The molecule has 1 saturated heterocycles. The molecule has 6 heteroatoms. The predicted molar refractivity (Wildman–Crippen MR) is 97.2 cm³/mol. The van der Waals surface area contributed by atoms with E-state index in [0.717, 1.165) is 44.9 Å². The van der Waals surface area contributed by atoms with Gasteiger partial charge in [0, 0.05) is 26.1 Å². The third-order valence-electron chi connectivity index (χ3n) is 6.04. The van der Waals surface area contributed by atoms with Crippen molar-refractivity contribution in [3.05, 3.63) is 0 Å². The van der Waals surface area contributed by atoms with E-state index in [9.17, 15) is 14.4 Å². The van der Waals surface area contributed by atoms with Crippen LogP contribution < -0.4 is 5.32 Å². The summed E-state index contributed by atoms with van der Waals surface area (Å²) < 4.78 is 5.84. The molecule has 3 amide bonds. The highest BCUT2D eigenvalue weighted by molar-refractivity contribution is 6.05. The highest BCUT2D eigenvalue weighted by atomic mass is 16.5. The van der Waals surface area contributed by atoms with Gasteiger partial charge >= 0.3 is 0 Å². The average molecular weight is 364 g/mol. The lowest BCUT2D eigenvalue weighted by molar-refractivity contribution is -0.140. The first-order valence-electron chi connectivity index (χ1n) is 10.4. The highest BCUT2D eigenvalue weighted by Gasteiger charge is 2.47. The van der Waals surface area contributed by atoms with Crippen LogP contribution in [0.3, 0.4) is 0 Å². The van der Waals surface area contributed by atoms with Gasteiger partial charge in [-0.1, -0.05) is 32.1 Å². The van der Waals surface area contributed by atoms with Crippen LogP contribution in [0.5, 0.6) is 0 Å². The normalized spacial score (nSPS) is 26.8. The molecule has 0 aromatic carbocycles. The van der Waals surface area contributed by atoms with Gasteiger partial charge in [-0.3, -0.25) is 19.3 Å². The summed E-state index contributed by atoms with van der Waals surface area (Å²) in [6.45, 7) is 1.48. The Morgan fingerprint density at radius 3 is 2.23 bits per heavy atom. The number of rotatable bonds is 8. The fourth-order valence-corrected chi connectivity index (χ4v) is 4.53. The number of nitrogens with zero attached hydrogens (tertiary/aromatic N) is 1. The fraction of sp³-hybridized carbons (Fsp3) is 0.850. The molecule has 1 aliphatic heterocycles. The molecule has 2 atom stereocenters. The molecule has 3 fully saturated rings. The number of carbonyl (C=O) groups is 3. The summed E-state index contributed by atoms with van der Waals surface area (Å²) in [7, 11) is 0. The lowest BCUT2D eigenvalue weighted by Crippen LogP contribution is -2.35. The SMILES string of the molecule is O=C(CCN1C(=O)C2CCCCC2C1=O)NCCCOC1CCCCC1. The standard InChI is InChI=1S/C20H32N2O4/c23-18(21-12-6-14-26-15-7-2-1-3-8-15)11-13-22-19(24)16-9-4-5-10-17(16)20(22)25/h15-17H,1-14H2,(H,21,23). The van der Waals surface area contributed by atoms with Crippen molar-refractivity contribution in [2.24, 2.45) is 11.8 Å². The number of hydrogen-bond acceptors (Lipinski definition) is 4. The zero-order chi connectivity index (χ0) is 18.4. The lowest BCUT2D eigenvalue weighted by Gasteiger charge is -2.21. The summed E-state index contributed by atoms with van der Waals surface area (Å²) in [5, 5.41) is 2.87. The Hall–Kier alpha value is -1.43. The summed E-state index contributed by atoms with van der Waals surface area (Å²) >= 11 is 0. The van der Waals surface area contributed by atoms with E-state index < -0.39 is 0 Å². The van der Waals surface area contributed by atoms with E-state index in [0.29, 0.717) is 19.3 Å². The molecule has 26 heavy (non-hydrogen) atoms. The van der Waals surface area contributed by atoms with Gasteiger partial charge in [0.2, 0.25) is 17.7 Å². The molecule has 3 aliphatic rings. The largest absolute Gasteiger partial charge is 0.378 e. The number of fused-ring (bicyclic) bond motifs is 1. The Balaban J connectivity index is 1.29. The van der Waals surface area contributed by atoms with E-state index in [2.05, 4.69) is 5.32 Å². The van der Waals surface area contributed by atoms with Gasteiger partial charge in [0.05, 0.1) is 17.9 Å². The van der Waals surface area contributed by atoms with Crippen LogP contribution in [0.1, 0.15) is 70.6 Å². The number of ether oxygens (including phenoxy) is 1. The van der Waals surface area contributed by atoms with Crippen molar-refractivity contribution < 1.29 is 19.1 Å². The average Bonchev–Trinajstić information content (AvgIpc) is 2.91. The number of imide groups is 1. The maximum absolute atomic E-state index is 12.4. The summed E-state index contributed by atoms with van der Waals surface area (Å²) in [4.78, 5) is 38.1. The molecule has 0 radical (unpaired) electrons. The molecule has 2 unspecified atom stereocenters. The molecule has 0 aromatic heterocycles. The molecular weight excluding hydrogens is 332 g/mol. The van der Waals surface area contributed by atoms with Gasteiger partial charge in [0.25, 0.3) is 0 Å². The minimum Gasteiger partial charge on any atom is -0.378 e. The molecule has 146 valence electrons. The zero-order valence-electron chi connectivity index (χ0n) is 15.7. The summed E-state index contributed by atoms with van der Waals surface area (Å²) in [6.07, 6.45) is 11.2. The second-order valence-electron chi connectivity index (χ2n) is 7.91. The van der Waals surface area contributed by atoms with Crippen molar-refractivity contribution in [1.82, 2.24) is 10.2 Å². The number of nitrogens with one attached hydrogen (secondary N) is 1. The van der Waals surface area contributed by atoms with Crippen LogP contribution in [-0.4, -0.2) is 48.4 Å². The molecule has 0 bridgehead atoms. The third kappa shape index (κ3) is 4.84. The smallest absolute Gasteiger partial charge is 0.233 e. The van der Waals surface area contributed by atoms with E-state index in [-0.39, 0.29) is 42.5 Å². The van der Waals surface area contributed by atoms with Crippen LogP contribution in [0.15, 0.2) is 0 Å². The van der Waals surface area contributed by atoms with Crippen molar-refractivity contribution >= 4 is 17.7 Å². The minimum absolute atomic E-state index is 0.0617. The van der Waals surface area contributed by atoms with Crippen LogP contribution >= 0.6 is 0 Å². The van der Waals surface area contributed by atoms with E-state index in [1.165, 1.54) is 24.2 Å². The fourth-order valence-electron chi connectivity index (χ4n) is 4.53. The van der Waals surface area contributed by atoms with Crippen LogP contribution in [-0.2, 0) is 19.1 Å². The van der Waals surface area contributed by atoms with E-state index >= 15 is 0 Å². The van der Waals surface area contributed by atoms with Crippen molar-refractivity contribution in [1.29, 1.82) is 0 Å². The van der Waals surface area contributed by atoms with Gasteiger partial charge in [0.15, 0.2) is 0 Å². The van der Waals surface area contributed by atoms with Gasteiger partial charge in [-0.25, -0.2) is 0 Å². The maximum Gasteiger partial charge on any atom is 0.233 e. The van der Waals surface area contributed by atoms with Crippen LogP contribution in [0, 0.1) is 11.8 Å². The Morgan fingerprint density at radius 1 is 0.962 bits per heavy atom. The Kier molecular flexibility index (Phi) is 7.06. The van der Waals surface area contributed by atoms with Crippen molar-refractivity contribution in [2.75, 3.05) is 19.7 Å². The van der Waals surface area contributed by atoms with E-state index in [1.54, 1.807) is 0 Å². The molecule has 0 aromatic rings. The quantitative estimate of drug-likeness (QED) is 0.530. The first kappa shape index (κ1) is 19.3. The van der Waals surface area contributed by atoms with Gasteiger partial charge in [0.1, 0.15) is 0 Å². The molecule has 3 rings (SSSR count). The van der Waals surface area contributed by atoms with Crippen molar-refractivity contribution in [2.45, 2.75) is 76.7 Å². The second-order valence-corrected chi connectivity index (χ2v) is 7.91. The van der Waals surface area contributed by atoms with Crippen LogP contribution in [0.25, 0.3) is 0 Å². The first-order chi connectivity index (χ1) is 12.7. The molecule has 2 aliphatic carbocycles. The van der Waals surface area contributed by atoms with Gasteiger partial charge in [-0.2, -0.15) is 0 Å². The topological polar surface area (TPSA) is 75.7 Å². The Labute approximate surface area is 156 Å². The summed E-state index contributed by atoms with van der Waals surface area (Å²) in [5.41, 5.74) is 0. The third-order valence-corrected chi connectivity index (χ3v) is 6.04. The van der Waals surface area contributed by atoms with Gasteiger partial charge < -0.3 is 10.1 Å². The second kappa shape index (κ2) is 9.49. The Morgan fingerprint density at radius 2 is 1.58 bits per heavy atom. The number of amides is 3. The molecule has 1 heterocycles. The van der Waals surface area contributed by atoms with E-state index in [4.69, 9.17) is 4.74 Å². The molecule has 0 spiro atoms. The van der Waals surface area contributed by atoms with Crippen LogP contribution in [0.2, 0.25) is 0 Å².